The van der Waals surface area contributed by atoms with Crippen LogP contribution >= 0.6 is 7.60 Å². The van der Waals surface area contributed by atoms with Gasteiger partial charge in [-0.1, -0.05) is 26.2 Å². The Morgan fingerprint density at radius 2 is 1.85 bits per heavy atom. The summed E-state index contributed by atoms with van der Waals surface area (Å²) in [6.45, 7) is 4.16. The molecule has 1 N–H and O–H groups in total. The van der Waals surface area contributed by atoms with Crippen molar-refractivity contribution in [3.05, 3.63) is 0 Å². The Balaban J connectivity index is 0. The van der Waals surface area contributed by atoms with E-state index in [2.05, 4.69) is 6.92 Å². The monoisotopic (exact) mass is 291 g/mol. The summed E-state index contributed by atoms with van der Waals surface area (Å²) in [5.41, 5.74) is 0. The molecule has 0 aromatic heterocycles. The molecule has 0 saturated heterocycles. The molecule has 5 heteroatoms. The average molecular weight is 292 g/mol. The number of rotatable bonds is 7. The molecule has 0 aliphatic heterocycles. The number of hydrogen-bond acceptors (Lipinski definition) is 2. The van der Waals surface area contributed by atoms with E-state index in [9.17, 15) is 4.57 Å². The summed E-state index contributed by atoms with van der Waals surface area (Å²) in [5, 5.41) is 0. The summed E-state index contributed by atoms with van der Waals surface area (Å²) in [6, 6.07) is 0. The van der Waals surface area contributed by atoms with Crippen LogP contribution in [0.1, 0.15) is 39.5 Å². The van der Waals surface area contributed by atoms with Gasteiger partial charge in [0, 0.05) is 26.3 Å². The van der Waals surface area contributed by atoms with E-state index >= 15 is 0 Å². The second-order valence-electron chi connectivity index (χ2n) is 2.84. The second kappa shape index (κ2) is 9.36. The average Bonchev–Trinajstić information content (AvgIpc) is 1.98. The standard InChI is InChI=1S/C8H19O3P.Tc/c1-3-5-6-7-8-12(9,10)11-4-2;/h3-8H2,1-2H3,(H,9,10);. The van der Waals surface area contributed by atoms with E-state index in [1.807, 2.05) is 0 Å². The molecular formula is C8H19O3PTc. The van der Waals surface area contributed by atoms with Crippen molar-refractivity contribution in [2.45, 2.75) is 39.5 Å². The minimum absolute atomic E-state index is 0. The largest absolute Gasteiger partial charge is 0.328 e. The molecule has 0 spiro atoms. The van der Waals surface area contributed by atoms with Crippen LogP contribution < -0.4 is 0 Å². The molecule has 1 atom stereocenters. The number of unbranched alkanes of at least 4 members (excludes halogenated alkanes) is 3. The zero-order valence-electron chi connectivity index (χ0n) is 8.33. The molecule has 0 aliphatic rings. The fourth-order valence-electron chi connectivity index (χ4n) is 1.00. The van der Waals surface area contributed by atoms with Crippen molar-refractivity contribution >= 4 is 7.60 Å². The molecule has 0 rings (SSSR count). The minimum Gasteiger partial charge on any atom is -0.324 e. The molecule has 81 valence electrons. The van der Waals surface area contributed by atoms with E-state index in [0.29, 0.717) is 12.8 Å². The van der Waals surface area contributed by atoms with Gasteiger partial charge in [0.1, 0.15) is 0 Å². The minimum atomic E-state index is -3.23. The zero-order chi connectivity index (χ0) is 9.45. The predicted octanol–water partition coefficient (Wildman–Crippen LogP) is 2.79. The van der Waals surface area contributed by atoms with Crippen molar-refractivity contribution in [1.82, 2.24) is 0 Å². The van der Waals surface area contributed by atoms with E-state index in [1.165, 1.54) is 0 Å². The van der Waals surface area contributed by atoms with E-state index in [4.69, 9.17) is 9.42 Å². The van der Waals surface area contributed by atoms with Crippen LogP contribution in [0.4, 0.5) is 0 Å². The van der Waals surface area contributed by atoms with Gasteiger partial charge in [-0.05, 0) is 13.3 Å². The first kappa shape index (κ1) is 16.2. The summed E-state index contributed by atoms with van der Waals surface area (Å²) >= 11 is 0. The van der Waals surface area contributed by atoms with Crippen LogP contribution in [0, 0.1) is 0 Å². The maximum atomic E-state index is 11.1. The van der Waals surface area contributed by atoms with E-state index in [1.54, 1.807) is 6.92 Å². The van der Waals surface area contributed by atoms with Crippen LogP contribution in [-0.4, -0.2) is 17.7 Å². The van der Waals surface area contributed by atoms with Crippen LogP contribution in [0.5, 0.6) is 0 Å². The van der Waals surface area contributed by atoms with Crippen LogP contribution in [-0.2, 0) is 29.2 Å². The van der Waals surface area contributed by atoms with E-state index in [0.717, 1.165) is 25.7 Å². The van der Waals surface area contributed by atoms with Crippen LogP contribution in [0.2, 0.25) is 0 Å². The van der Waals surface area contributed by atoms with Crippen LogP contribution in [0.15, 0.2) is 0 Å². The smallest absolute Gasteiger partial charge is 0.324 e. The zero-order valence-corrected chi connectivity index (χ0v) is 11.1. The molecule has 0 fully saturated rings. The molecule has 0 aliphatic carbocycles. The van der Waals surface area contributed by atoms with Gasteiger partial charge < -0.3 is 9.42 Å². The van der Waals surface area contributed by atoms with Crippen molar-refractivity contribution in [3.63, 3.8) is 0 Å². The van der Waals surface area contributed by atoms with Gasteiger partial charge in [-0.3, -0.25) is 4.57 Å². The Bertz CT molecular complexity index is 152. The molecule has 1 radical (unpaired) electrons. The van der Waals surface area contributed by atoms with Gasteiger partial charge in [-0.15, -0.1) is 0 Å². The fraction of sp³-hybridized carbons (Fsp3) is 1.00. The van der Waals surface area contributed by atoms with Crippen molar-refractivity contribution in [1.29, 1.82) is 0 Å². The Hall–Kier alpha value is 0.799. The van der Waals surface area contributed by atoms with Gasteiger partial charge in [-0.2, -0.15) is 0 Å². The third kappa shape index (κ3) is 10.7. The summed E-state index contributed by atoms with van der Waals surface area (Å²) in [4.78, 5) is 9.15. The topological polar surface area (TPSA) is 46.5 Å². The maximum absolute atomic E-state index is 11.1. The summed E-state index contributed by atoms with van der Waals surface area (Å²) < 4.78 is 15.8. The van der Waals surface area contributed by atoms with Gasteiger partial charge in [0.05, 0.1) is 6.61 Å². The first-order valence-electron chi connectivity index (χ1n) is 4.58. The number of hydrogen-bond donors (Lipinski definition) is 1. The molecule has 1 unspecified atom stereocenters. The van der Waals surface area contributed by atoms with Crippen molar-refractivity contribution in [2.75, 3.05) is 12.8 Å². The third-order valence-electron chi connectivity index (χ3n) is 1.63. The summed E-state index contributed by atoms with van der Waals surface area (Å²) in [5.74, 6) is 0. The van der Waals surface area contributed by atoms with Crippen molar-refractivity contribution in [2.24, 2.45) is 0 Å². The van der Waals surface area contributed by atoms with Gasteiger partial charge in [0.25, 0.3) is 0 Å². The van der Waals surface area contributed by atoms with Gasteiger partial charge in [0.2, 0.25) is 0 Å². The molecule has 0 heterocycles. The first-order chi connectivity index (χ1) is 5.62. The molecule has 3 nitrogen and oxygen atoms in total. The van der Waals surface area contributed by atoms with Gasteiger partial charge in [-0.25, -0.2) is 0 Å². The molecule has 0 aromatic carbocycles. The SMILES string of the molecule is CCCCCCP(=O)(O)OCC.[Tc]. The summed E-state index contributed by atoms with van der Waals surface area (Å²) in [7, 11) is -3.23. The quantitative estimate of drug-likeness (QED) is 0.580. The third-order valence-corrected chi connectivity index (χ3v) is 3.17. The summed E-state index contributed by atoms with van der Waals surface area (Å²) in [6.07, 6.45) is 4.40. The Kier molecular flexibility index (Phi) is 11.7. The van der Waals surface area contributed by atoms with Crippen LogP contribution in [0.3, 0.4) is 0 Å². The van der Waals surface area contributed by atoms with Crippen molar-refractivity contribution in [3.8, 4) is 0 Å². The maximum Gasteiger partial charge on any atom is 0.328 e. The molecule has 0 saturated carbocycles. The van der Waals surface area contributed by atoms with E-state index in [-0.39, 0.29) is 20.1 Å². The van der Waals surface area contributed by atoms with Gasteiger partial charge in [0.15, 0.2) is 0 Å². The molecule has 0 aromatic rings. The Labute approximate surface area is 94.1 Å². The molecule has 13 heavy (non-hydrogen) atoms. The van der Waals surface area contributed by atoms with Gasteiger partial charge >= 0.3 is 7.60 Å². The molecular weight excluding hydrogens is 273 g/mol. The normalized spacial score (nSPS) is 14.7. The predicted molar refractivity (Wildman–Crippen MR) is 50.5 cm³/mol. The fourth-order valence-corrected chi connectivity index (χ4v) is 2.16. The Morgan fingerprint density at radius 1 is 1.23 bits per heavy atom. The van der Waals surface area contributed by atoms with Crippen LogP contribution in [0.25, 0.3) is 0 Å². The van der Waals surface area contributed by atoms with E-state index < -0.39 is 7.60 Å². The Morgan fingerprint density at radius 3 is 2.31 bits per heavy atom. The second-order valence-corrected chi connectivity index (χ2v) is 4.82. The van der Waals surface area contributed by atoms with Crippen molar-refractivity contribution < 1.29 is 34.1 Å². The molecule has 0 bridgehead atoms. The first-order valence-corrected chi connectivity index (χ1v) is 6.35. The molecule has 0 amide bonds.